The number of imide groups is 1. The summed E-state index contributed by atoms with van der Waals surface area (Å²) in [6.07, 6.45) is 4.26. The Bertz CT molecular complexity index is 867. The molecule has 2 aromatic rings. The van der Waals surface area contributed by atoms with E-state index in [1.807, 2.05) is 18.2 Å². The van der Waals surface area contributed by atoms with Gasteiger partial charge in [0.15, 0.2) is 6.61 Å². The average molecular weight is 400 g/mol. The van der Waals surface area contributed by atoms with Crippen LogP contribution in [0.15, 0.2) is 30.3 Å². The van der Waals surface area contributed by atoms with Crippen LogP contribution in [0.4, 0.5) is 0 Å². The van der Waals surface area contributed by atoms with E-state index in [-0.39, 0.29) is 5.41 Å². The van der Waals surface area contributed by atoms with Crippen LogP contribution in [0.3, 0.4) is 0 Å². The molecule has 148 valence electrons. The topological polar surface area (TPSA) is 72.5 Å². The first-order chi connectivity index (χ1) is 13.2. The van der Waals surface area contributed by atoms with Crippen molar-refractivity contribution in [1.29, 1.82) is 0 Å². The number of aryl methyl sites for hydroxylation is 2. The summed E-state index contributed by atoms with van der Waals surface area (Å²) < 4.78 is 5.08. The summed E-state index contributed by atoms with van der Waals surface area (Å²) in [5.41, 5.74) is 2.68. The van der Waals surface area contributed by atoms with Crippen molar-refractivity contribution in [2.45, 2.75) is 51.9 Å². The second kappa shape index (κ2) is 8.27. The number of benzene rings is 1. The highest BCUT2D eigenvalue weighted by atomic mass is 32.1. The molecule has 1 N–H and O–H groups in total. The van der Waals surface area contributed by atoms with E-state index in [0.717, 1.165) is 31.2 Å². The van der Waals surface area contributed by atoms with Gasteiger partial charge in [0.1, 0.15) is 4.88 Å². The molecular formula is C22H25NO4S. The van der Waals surface area contributed by atoms with Crippen LogP contribution in [-0.2, 0) is 27.8 Å². The molecule has 1 aliphatic rings. The SMILES string of the molecule is CC(C)(C)c1ccc(C(=O)NC(=O)COC(=O)c2cc3c(s2)CCCC3)cc1. The Hall–Kier alpha value is -2.47. The lowest BCUT2D eigenvalue weighted by Crippen LogP contribution is -2.34. The molecular weight excluding hydrogens is 374 g/mol. The van der Waals surface area contributed by atoms with Gasteiger partial charge in [-0.2, -0.15) is 0 Å². The van der Waals surface area contributed by atoms with E-state index in [0.29, 0.717) is 10.4 Å². The number of nitrogens with one attached hydrogen (secondary N) is 1. The third kappa shape index (κ3) is 4.87. The highest BCUT2D eigenvalue weighted by molar-refractivity contribution is 7.14. The number of hydrogen-bond acceptors (Lipinski definition) is 5. The van der Waals surface area contributed by atoms with Crippen LogP contribution in [0.1, 0.15) is 69.6 Å². The monoisotopic (exact) mass is 399 g/mol. The second-order valence-electron chi connectivity index (χ2n) is 8.05. The zero-order chi connectivity index (χ0) is 20.3. The van der Waals surface area contributed by atoms with Gasteiger partial charge in [-0.1, -0.05) is 32.9 Å². The molecule has 6 heteroatoms. The van der Waals surface area contributed by atoms with Gasteiger partial charge in [0.25, 0.3) is 11.8 Å². The highest BCUT2D eigenvalue weighted by Crippen LogP contribution is 2.30. The van der Waals surface area contributed by atoms with E-state index in [1.165, 1.54) is 21.8 Å². The summed E-state index contributed by atoms with van der Waals surface area (Å²) in [6.45, 7) is 5.78. The maximum Gasteiger partial charge on any atom is 0.348 e. The predicted molar refractivity (Wildman–Crippen MR) is 109 cm³/mol. The highest BCUT2D eigenvalue weighted by Gasteiger charge is 2.20. The Morgan fingerprint density at radius 3 is 2.39 bits per heavy atom. The predicted octanol–water partition coefficient (Wildman–Crippen LogP) is 4.04. The molecule has 28 heavy (non-hydrogen) atoms. The first-order valence-electron chi connectivity index (χ1n) is 9.47. The Balaban J connectivity index is 1.51. The van der Waals surface area contributed by atoms with Crippen LogP contribution in [0.5, 0.6) is 0 Å². The fourth-order valence-corrected chi connectivity index (χ4v) is 4.30. The summed E-state index contributed by atoms with van der Waals surface area (Å²) in [4.78, 5) is 38.1. The van der Waals surface area contributed by atoms with E-state index in [9.17, 15) is 14.4 Å². The van der Waals surface area contributed by atoms with Crippen LogP contribution in [-0.4, -0.2) is 24.4 Å². The first kappa shape index (κ1) is 20.3. The number of amides is 2. The number of carbonyl (C=O) groups excluding carboxylic acids is 3. The van der Waals surface area contributed by atoms with Gasteiger partial charge in [0.05, 0.1) is 0 Å². The van der Waals surface area contributed by atoms with Gasteiger partial charge in [-0.3, -0.25) is 14.9 Å². The molecule has 0 bridgehead atoms. The minimum atomic E-state index is -0.639. The average Bonchev–Trinajstić information content (AvgIpc) is 3.10. The van der Waals surface area contributed by atoms with Gasteiger partial charge >= 0.3 is 5.97 Å². The van der Waals surface area contributed by atoms with Crippen LogP contribution in [0.2, 0.25) is 0 Å². The van der Waals surface area contributed by atoms with Crippen LogP contribution in [0, 0.1) is 0 Å². The molecule has 5 nitrogen and oxygen atoms in total. The normalized spacial score (nSPS) is 13.5. The maximum absolute atomic E-state index is 12.2. The smallest absolute Gasteiger partial charge is 0.348 e. The van der Waals surface area contributed by atoms with Gasteiger partial charge in [0.2, 0.25) is 0 Å². The summed E-state index contributed by atoms with van der Waals surface area (Å²) in [5.74, 6) is -1.66. The molecule has 0 saturated carbocycles. The number of esters is 1. The minimum absolute atomic E-state index is 0.0138. The van der Waals surface area contributed by atoms with Crippen LogP contribution in [0.25, 0.3) is 0 Å². The Kier molecular flexibility index (Phi) is 5.98. The first-order valence-corrected chi connectivity index (χ1v) is 10.3. The van der Waals surface area contributed by atoms with Gasteiger partial charge in [-0.15, -0.1) is 11.3 Å². The van der Waals surface area contributed by atoms with Crippen molar-refractivity contribution in [2.24, 2.45) is 0 Å². The van der Waals surface area contributed by atoms with Gasteiger partial charge in [-0.05, 0) is 60.4 Å². The largest absolute Gasteiger partial charge is 0.451 e. The third-order valence-corrected chi connectivity index (χ3v) is 6.02. The number of ether oxygens (including phenoxy) is 1. The zero-order valence-corrected chi connectivity index (χ0v) is 17.3. The lowest BCUT2D eigenvalue weighted by Gasteiger charge is -2.18. The van der Waals surface area contributed by atoms with E-state index in [1.54, 1.807) is 12.1 Å². The number of rotatable bonds is 4. The third-order valence-electron chi connectivity index (χ3n) is 4.80. The van der Waals surface area contributed by atoms with E-state index in [2.05, 4.69) is 26.1 Å². The summed E-state index contributed by atoms with van der Waals surface area (Å²) in [6, 6.07) is 8.98. The van der Waals surface area contributed by atoms with Crippen molar-refractivity contribution in [3.05, 3.63) is 56.8 Å². The van der Waals surface area contributed by atoms with Crippen molar-refractivity contribution < 1.29 is 19.1 Å². The summed E-state index contributed by atoms with van der Waals surface area (Å²) in [5, 5.41) is 2.26. The lowest BCUT2D eigenvalue weighted by molar-refractivity contribution is -0.123. The molecule has 0 saturated heterocycles. The molecule has 0 spiro atoms. The molecule has 0 radical (unpaired) electrons. The molecule has 0 unspecified atom stereocenters. The number of hydrogen-bond donors (Lipinski definition) is 1. The number of carbonyl (C=O) groups is 3. The van der Waals surface area contributed by atoms with Crippen LogP contribution < -0.4 is 5.32 Å². The molecule has 1 heterocycles. The molecule has 0 fully saturated rings. The summed E-state index contributed by atoms with van der Waals surface area (Å²) in [7, 11) is 0. The summed E-state index contributed by atoms with van der Waals surface area (Å²) >= 11 is 1.44. The molecule has 0 aliphatic heterocycles. The van der Waals surface area contributed by atoms with E-state index < -0.39 is 24.4 Å². The molecule has 1 aromatic carbocycles. The maximum atomic E-state index is 12.2. The van der Waals surface area contributed by atoms with Crippen molar-refractivity contribution in [3.63, 3.8) is 0 Å². The number of thiophene rings is 1. The van der Waals surface area contributed by atoms with Crippen molar-refractivity contribution in [1.82, 2.24) is 5.32 Å². The van der Waals surface area contributed by atoms with Crippen molar-refractivity contribution in [2.75, 3.05) is 6.61 Å². The zero-order valence-electron chi connectivity index (χ0n) is 16.5. The van der Waals surface area contributed by atoms with E-state index >= 15 is 0 Å². The second-order valence-corrected chi connectivity index (χ2v) is 9.18. The lowest BCUT2D eigenvalue weighted by atomic mass is 9.87. The van der Waals surface area contributed by atoms with Gasteiger partial charge < -0.3 is 4.74 Å². The molecule has 0 atom stereocenters. The molecule has 1 aliphatic carbocycles. The fraction of sp³-hybridized carbons (Fsp3) is 0.409. The minimum Gasteiger partial charge on any atom is -0.451 e. The Labute approximate surface area is 169 Å². The quantitative estimate of drug-likeness (QED) is 0.788. The van der Waals surface area contributed by atoms with E-state index in [4.69, 9.17) is 4.74 Å². The van der Waals surface area contributed by atoms with Crippen LogP contribution >= 0.6 is 11.3 Å². The van der Waals surface area contributed by atoms with Crippen molar-refractivity contribution in [3.8, 4) is 0 Å². The molecule has 2 amide bonds. The van der Waals surface area contributed by atoms with Gasteiger partial charge in [-0.25, -0.2) is 4.79 Å². The van der Waals surface area contributed by atoms with Crippen molar-refractivity contribution >= 4 is 29.1 Å². The Morgan fingerprint density at radius 1 is 1.07 bits per heavy atom. The standard InChI is InChI=1S/C22H25NO4S/c1-22(2,3)16-10-8-14(9-11-16)20(25)23-19(24)13-27-21(26)18-12-15-6-4-5-7-17(15)28-18/h8-12H,4-7,13H2,1-3H3,(H,23,24,25). The van der Waals surface area contributed by atoms with Gasteiger partial charge in [0, 0.05) is 10.4 Å². The molecule has 1 aromatic heterocycles. The fourth-order valence-electron chi connectivity index (χ4n) is 3.15. The number of fused-ring (bicyclic) bond motifs is 1. The Morgan fingerprint density at radius 2 is 1.75 bits per heavy atom. The molecule has 3 rings (SSSR count).